The Kier molecular flexibility index (Phi) is 3.97. The van der Waals surface area contributed by atoms with Crippen molar-refractivity contribution in [1.29, 1.82) is 0 Å². The van der Waals surface area contributed by atoms with Gasteiger partial charge in [-0.3, -0.25) is 9.59 Å². The number of aliphatic carboxylic acids is 1. The Morgan fingerprint density at radius 2 is 2.05 bits per heavy atom. The number of hydrogen-bond acceptors (Lipinski definition) is 2. The first-order valence-electron chi connectivity index (χ1n) is 6.63. The number of halogens is 2. The highest BCUT2D eigenvalue weighted by Crippen LogP contribution is 2.44. The van der Waals surface area contributed by atoms with Gasteiger partial charge in [0.15, 0.2) is 0 Å². The summed E-state index contributed by atoms with van der Waals surface area (Å²) in [5.41, 5.74) is -0.462. The number of amides is 1. The van der Waals surface area contributed by atoms with Crippen LogP contribution in [0.5, 0.6) is 0 Å². The minimum absolute atomic E-state index is 0.0788. The maximum Gasteiger partial charge on any atom is 0.309 e. The van der Waals surface area contributed by atoms with Gasteiger partial charge < -0.3 is 10.0 Å². The second-order valence-electron chi connectivity index (χ2n) is 6.17. The Labute approximate surface area is 127 Å². The van der Waals surface area contributed by atoms with E-state index in [0.717, 1.165) is 0 Å². The minimum atomic E-state index is -1.11. The van der Waals surface area contributed by atoms with E-state index in [9.17, 15) is 19.1 Å². The van der Waals surface area contributed by atoms with Crippen LogP contribution in [-0.2, 0) is 9.59 Å². The third kappa shape index (κ3) is 2.75. The third-order valence-electron chi connectivity index (χ3n) is 3.66. The van der Waals surface area contributed by atoms with Crippen molar-refractivity contribution in [2.24, 2.45) is 5.92 Å². The summed E-state index contributed by atoms with van der Waals surface area (Å²) < 4.78 is 14.3. The molecule has 21 heavy (non-hydrogen) atoms. The second kappa shape index (κ2) is 5.30. The quantitative estimate of drug-likeness (QED) is 0.911. The topological polar surface area (TPSA) is 57.6 Å². The Balaban J connectivity index is 2.60. The average Bonchev–Trinajstić information content (AvgIpc) is 2.70. The summed E-state index contributed by atoms with van der Waals surface area (Å²) in [6.45, 7) is 5.39. The lowest BCUT2D eigenvalue weighted by Gasteiger charge is -2.38. The lowest BCUT2D eigenvalue weighted by Crippen LogP contribution is -2.44. The third-order valence-corrected chi connectivity index (χ3v) is 3.95. The number of likely N-dealkylation sites (tertiary alicyclic amines) is 1. The maximum absolute atomic E-state index is 14.3. The number of hydrogen-bond donors (Lipinski definition) is 1. The van der Waals surface area contributed by atoms with Crippen molar-refractivity contribution >= 4 is 23.5 Å². The minimum Gasteiger partial charge on any atom is -0.481 e. The molecule has 2 rings (SSSR count). The highest BCUT2D eigenvalue weighted by molar-refractivity contribution is 6.30. The van der Waals surface area contributed by atoms with Gasteiger partial charge in [0.25, 0.3) is 0 Å². The first-order valence-corrected chi connectivity index (χ1v) is 7.01. The fourth-order valence-electron chi connectivity index (χ4n) is 2.85. The van der Waals surface area contributed by atoms with Gasteiger partial charge in [-0.25, -0.2) is 4.39 Å². The predicted molar refractivity (Wildman–Crippen MR) is 76.5 cm³/mol. The SMILES string of the molecule is CC(C)(C)N1C(=O)CC(C(=O)O)C1c1cccc(Cl)c1F. The van der Waals surface area contributed by atoms with Crippen molar-refractivity contribution in [3.63, 3.8) is 0 Å². The smallest absolute Gasteiger partial charge is 0.309 e. The van der Waals surface area contributed by atoms with Gasteiger partial charge in [-0.1, -0.05) is 23.7 Å². The monoisotopic (exact) mass is 313 g/mol. The van der Waals surface area contributed by atoms with E-state index in [1.807, 2.05) is 0 Å². The molecule has 0 aromatic heterocycles. The Morgan fingerprint density at radius 1 is 1.43 bits per heavy atom. The summed E-state index contributed by atoms with van der Waals surface area (Å²) in [5, 5.41) is 9.29. The van der Waals surface area contributed by atoms with Gasteiger partial charge >= 0.3 is 5.97 Å². The van der Waals surface area contributed by atoms with Crippen LogP contribution in [-0.4, -0.2) is 27.4 Å². The molecule has 0 spiro atoms. The van der Waals surface area contributed by atoms with Crippen LogP contribution in [0.15, 0.2) is 18.2 Å². The van der Waals surface area contributed by atoms with Gasteiger partial charge in [-0.2, -0.15) is 0 Å². The van der Waals surface area contributed by atoms with Crippen molar-refractivity contribution in [3.05, 3.63) is 34.6 Å². The van der Waals surface area contributed by atoms with Crippen LogP contribution >= 0.6 is 11.6 Å². The fraction of sp³-hybridized carbons (Fsp3) is 0.467. The maximum atomic E-state index is 14.3. The Morgan fingerprint density at radius 3 is 2.57 bits per heavy atom. The standard InChI is InChI=1S/C15H17ClFNO3/c1-15(2,3)18-11(19)7-9(14(20)21)13(18)8-5-4-6-10(16)12(8)17/h4-6,9,13H,7H2,1-3H3,(H,20,21). The molecule has 0 bridgehead atoms. The van der Waals surface area contributed by atoms with Crippen LogP contribution in [0.25, 0.3) is 0 Å². The van der Waals surface area contributed by atoms with Crippen LogP contribution in [0, 0.1) is 11.7 Å². The zero-order chi connectivity index (χ0) is 15.9. The van der Waals surface area contributed by atoms with Crippen LogP contribution in [0.2, 0.25) is 5.02 Å². The molecule has 1 amide bonds. The number of carbonyl (C=O) groups excluding carboxylic acids is 1. The van der Waals surface area contributed by atoms with Gasteiger partial charge in [0.05, 0.1) is 17.0 Å². The van der Waals surface area contributed by atoms with Gasteiger partial charge in [-0.15, -0.1) is 0 Å². The summed E-state index contributed by atoms with van der Waals surface area (Å²) in [6.07, 6.45) is -0.136. The van der Waals surface area contributed by atoms with Gasteiger partial charge in [-0.05, 0) is 26.8 Å². The number of carboxylic acid groups (broad SMARTS) is 1. The molecule has 1 N–H and O–H groups in total. The molecule has 0 aliphatic carbocycles. The molecular formula is C15H17ClFNO3. The van der Waals surface area contributed by atoms with Crippen molar-refractivity contribution in [3.8, 4) is 0 Å². The molecule has 1 aromatic rings. The lowest BCUT2D eigenvalue weighted by molar-refractivity contribution is -0.143. The first kappa shape index (κ1) is 15.8. The van der Waals surface area contributed by atoms with Gasteiger partial charge in [0.2, 0.25) is 5.91 Å². The van der Waals surface area contributed by atoms with Crippen LogP contribution < -0.4 is 0 Å². The Bertz CT molecular complexity index is 597. The summed E-state index contributed by atoms with van der Waals surface area (Å²) >= 11 is 5.79. The number of carbonyl (C=O) groups is 2. The van der Waals surface area contributed by atoms with E-state index >= 15 is 0 Å². The fourth-order valence-corrected chi connectivity index (χ4v) is 3.03. The molecule has 6 heteroatoms. The molecule has 1 saturated heterocycles. The second-order valence-corrected chi connectivity index (χ2v) is 6.58. The molecule has 2 atom stereocenters. The van der Waals surface area contributed by atoms with Gasteiger partial charge in [0, 0.05) is 17.5 Å². The van der Waals surface area contributed by atoms with E-state index in [2.05, 4.69) is 0 Å². The molecule has 114 valence electrons. The van der Waals surface area contributed by atoms with E-state index in [1.54, 1.807) is 26.8 Å². The molecule has 1 aliphatic rings. The zero-order valence-corrected chi connectivity index (χ0v) is 12.8. The van der Waals surface area contributed by atoms with Crippen LogP contribution in [0.1, 0.15) is 38.8 Å². The Hall–Kier alpha value is -1.62. The van der Waals surface area contributed by atoms with E-state index in [0.29, 0.717) is 0 Å². The summed E-state index contributed by atoms with van der Waals surface area (Å²) in [5.74, 6) is -3.05. The van der Waals surface area contributed by atoms with Gasteiger partial charge in [0.1, 0.15) is 5.82 Å². The zero-order valence-electron chi connectivity index (χ0n) is 12.1. The number of nitrogens with zero attached hydrogens (tertiary/aromatic N) is 1. The highest BCUT2D eigenvalue weighted by Gasteiger charge is 2.49. The molecule has 4 nitrogen and oxygen atoms in total. The average molecular weight is 314 g/mol. The number of benzene rings is 1. The first-order chi connectivity index (χ1) is 9.64. The number of rotatable bonds is 2. The summed E-state index contributed by atoms with van der Waals surface area (Å²) in [7, 11) is 0. The predicted octanol–water partition coefficient (Wildman–Crippen LogP) is 3.25. The van der Waals surface area contributed by atoms with E-state index in [-0.39, 0.29) is 22.9 Å². The van der Waals surface area contributed by atoms with Crippen molar-refractivity contribution in [2.75, 3.05) is 0 Å². The molecule has 0 radical (unpaired) electrons. The molecule has 1 aromatic carbocycles. The largest absolute Gasteiger partial charge is 0.481 e. The molecule has 0 saturated carbocycles. The van der Waals surface area contributed by atoms with Crippen molar-refractivity contribution in [1.82, 2.24) is 4.90 Å². The van der Waals surface area contributed by atoms with Crippen molar-refractivity contribution in [2.45, 2.75) is 38.8 Å². The van der Waals surface area contributed by atoms with Crippen molar-refractivity contribution < 1.29 is 19.1 Å². The molecule has 2 unspecified atom stereocenters. The van der Waals surface area contributed by atoms with E-state index < -0.39 is 29.3 Å². The van der Waals surface area contributed by atoms with E-state index in [1.165, 1.54) is 17.0 Å². The normalized spacial score (nSPS) is 22.7. The lowest BCUT2D eigenvalue weighted by atomic mass is 9.91. The summed E-state index contributed by atoms with van der Waals surface area (Å²) in [6, 6.07) is 3.59. The highest BCUT2D eigenvalue weighted by atomic mass is 35.5. The van der Waals surface area contributed by atoms with Crippen LogP contribution in [0.4, 0.5) is 4.39 Å². The molecule has 1 heterocycles. The summed E-state index contributed by atoms with van der Waals surface area (Å²) in [4.78, 5) is 25.1. The van der Waals surface area contributed by atoms with Crippen LogP contribution in [0.3, 0.4) is 0 Å². The molecular weight excluding hydrogens is 297 g/mol. The molecule has 1 fully saturated rings. The molecule has 1 aliphatic heterocycles. The number of carboxylic acids is 1. The van der Waals surface area contributed by atoms with E-state index in [4.69, 9.17) is 11.6 Å².